The molecule has 0 unspecified atom stereocenters. The van der Waals surface area contributed by atoms with E-state index in [1.54, 1.807) is 6.07 Å². The lowest BCUT2D eigenvalue weighted by atomic mass is 9.91. The minimum atomic E-state index is -1.26. The maximum absolute atomic E-state index is 13.3. The summed E-state index contributed by atoms with van der Waals surface area (Å²) in [7, 11) is 0. The van der Waals surface area contributed by atoms with Gasteiger partial charge in [-0.15, -0.1) is 0 Å². The molecule has 1 aliphatic rings. The van der Waals surface area contributed by atoms with Crippen LogP contribution in [0.15, 0.2) is 48.6 Å². The number of phenols is 1. The van der Waals surface area contributed by atoms with Crippen LogP contribution in [0.1, 0.15) is 53.7 Å². The molecule has 0 radical (unpaired) electrons. The second-order valence-corrected chi connectivity index (χ2v) is 7.66. The van der Waals surface area contributed by atoms with Gasteiger partial charge in [0.25, 0.3) is 0 Å². The van der Waals surface area contributed by atoms with E-state index in [4.69, 9.17) is 4.74 Å². The van der Waals surface area contributed by atoms with Crippen molar-refractivity contribution in [1.29, 1.82) is 0 Å². The molecule has 0 aromatic heterocycles. The zero-order valence-corrected chi connectivity index (χ0v) is 16.7. The van der Waals surface area contributed by atoms with E-state index in [1.165, 1.54) is 24.3 Å². The quantitative estimate of drug-likeness (QED) is 0.571. The first-order valence-corrected chi connectivity index (χ1v) is 9.61. The zero-order valence-electron chi connectivity index (χ0n) is 16.7. The third-order valence-electron chi connectivity index (χ3n) is 4.98. The summed E-state index contributed by atoms with van der Waals surface area (Å²) in [6.45, 7) is 8.39. The highest BCUT2D eigenvalue weighted by Gasteiger charge is 2.27. The summed E-state index contributed by atoms with van der Waals surface area (Å²) >= 11 is 0. The van der Waals surface area contributed by atoms with E-state index in [-0.39, 0.29) is 16.9 Å². The summed E-state index contributed by atoms with van der Waals surface area (Å²) in [5.41, 5.74) is 2.47. The molecular weight excluding hydrogens is 371 g/mol. The van der Waals surface area contributed by atoms with Gasteiger partial charge in [0.2, 0.25) is 0 Å². The second kappa shape index (κ2) is 8.52. The van der Waals surface area contributed by atoms with Crippen LogP contribution in [0, 0.1) is 11.7 Å². The van der Waals surface area contributed by atoms with Crippen molar-refractivity contribution in [3.8, 4) is 11.5 Å². The van der Waals surface area contributed by atoms with E-state index in [0.717, 1.165) is 18.4 Å². The van der Waals surface area contributed by atoms with Crippen molar-refractivity contribution >= 4 is 11.5 Å². The van der Waals surface area contributed by atoms with Crippen molar-refractivity contribution in [3.63, 3.8) is 0 Å². The molecule has 0 saturated heterocycles. The monoisotopic (exact) mass is 396 g/mol. The summed E-state index contributed by atoms with van der Waals surface area (Å²) in [5.74, 6) is -1.02. The lowest BCUT2D eigenvalue weighted by Gasteiger charge is -2.19. The van der Waals surface area contributed by atoms with Crippen LogP contribution in [0.2, 0.25) is 0 Å². The van der Waals surface area contributed by atoms with Crippen molar-refractivity contribution in [3.05, 3.63) is 76.6 Å². The maximum atomic E-state index is 13.3. The molecule has 1 fully saturated rings. The molecule has 0 aliphatic heterocycles. The highest BCUT2D eigenvalue weighted by molar-refractivity contribution is 6.00. The van der Waals surface area contributed by atoms with Crippen LogP contribution in [0.25, 0.3) is 5.57 Å². The van der Waals surface area contributed by atoms with Gasteiger partial charge in [-0.05, 0) is 68.4 Å². The molecule has 0 bridgehead atoms. The number of halogens is 1. The zero-order chi connectivity index (χ0) is 21.1. The maximum Gasteiger partial charge on any atom is 0.340 e. The Morgan fingerprint density at radius 2 is 1.93 bits per heavy atom. The summed E-state index contributed by atoms with van der Waals surface area (Å²) in [5, 5.41) is 20.7. The lowest BCUT2D eigenvalue weighted by Crippen LogP contribution is -2.09. The minimum Gasteiger partial charge on any atom is -0.507 e. The Balaban J connectivity index is 2.12. The normalized spacial score (nSPS) is 13.1. The van der Waals surface area contributed by atoms with Crippen molar-refractivity contribution in [2.45, 2.75) is 33.1 Å². The third-order valence-corrected chi connectivity index (χ3v) is 4.98. The molecular formula is C24H25FO4. The van der Waals surface area contributed by atoms with Crippen LogP contribution in [0.3, 0.4) is 0 Å². The SMILES string of the molecule is C=C(c1ccc(F)cc1)c1cc(OCC2CC2)c(CC=C(C)C)c(O)c1C(=O)O. The van der Waals surface area contributed by atoms with Gasteiger partial charge >= 0.3 is 5.97 Å². The summed E-state index contributed by atoms with van der Waals surface area (Å²) < 4.78 is 19.3. The summed E-state index contributed by atoms with van der Waals surface area (Å²) in [6.07, 6.45) is 4.49. The molecule has 152 valence electrons. The van der Waals surface area contributed by atoms with Crippen LogP contribution >= 0.6 is 0 Å². The number of hydrogen-bond donors (Lipinski definition) is 2. The molecule has 5 heteroatoms. The van der Waals surface area contributed by atoms with Gasteiger partial charge in [-0.25, -0.2) is 9.18 Å². The van der Waals surface area contributed by atoms with Gasteiger partial charge in [0.15, 0.2) is 0 Å². The Morgan fingerprint density at radius 3 is 2.48 bits per heavy atom. The van der Waals surface area contributed by atoms with Crippen molar-refractivity contribution < 1.29 is 24.1 Å². The number of aromatic carboxylic acids is 1. The van der Waals surface area contributed by atoms with E-state index in [2.05, 4.69) is 6.58 Å². The molecule has 0 atom stereocenters. The fourth-order valence-corrected chi connectivity index (χ4v) is 3.07. The van der Waals surface area contributed by atoms with E-state index in [0.29, 0.717) is 41.4 Å². The molecule has 29 heavy (non-hydrogen) atoms. The number of rotatable bonds is 8. The Kier molecular flexibility index (Phi) is 6.06. The Bertz CT molecular complexity index is 965. The van der Waals surface area contributed by atoms with E-state index >= 15 is 0 Å². The van der Waals surface area contributed by atoms with Gasteiger partial charge in [0, 0.05) is 11.1 Å². The van der Waals surface area contributed by atoms with Gasteiger partial charge in [0.05, 0.1) is 6.61 Å². The lowest BCUT2D eigenvalue weighted by molar-refractivity contribution is 0.0693. The number of allylic oxidation sites excluding steroid dienone is 2. The van der Waals surface area contributed by atoms with Gasteiger partial charge < -0.3 is 14.9 Å². The van der Waals surface area contributed by atoms with Crippen LogP contribution in [-0.2, 0) is 6.42 Å². The predicted molar refractivity (Wildman–Crippen MR) is 111 cm³/mol. The molecule has 3 rings (SSSR count). The van der Waals surface area contributed by atoms with Gasteiger partial charge in [-0.1, -0.05) is 30.4 Å². The van der Waals surface area contributed by atoms with Crippen LogP contribution < -0.4 is 4.74 Å². The van der Waals surface area contributed by atoms with Crippen LogP contribution in [-0.4, -0.2) is 22.8 Å². The van der Waals surface area contributed by atoms with E-state index in [9.17, 15) is 19.4 Å². The standard InChI is InChI=1S/C24H25FO4/c1-14(2)4-11-19-21(29-13-16-5-6-16)12-20(22(23(19)26)24(27)28)15(3)17-7-9-18(25)10-8-17/h4,7-10,12,16,26H,3,5-6,11,13H2,1-2H3,(H,27,28). The first-order chi connectivity index (χ1) is 13.8. The Morgan fingerprint density at radius 1 is 1.28 bits per heavy atom. The van der Waals surface area contributed by atoms with Gasteiger partial charge in [-0.2, -0.15) is 0 Å². The van der Waals surface area contributed by atoms with Crippen LogP contribution in [0.4, 0.5) is 4.39 Å². The molecule has 0 heterocycles. The third kappa shape index (κ3) is 4.86. The first-order valence-electron chi connectivity index (χ1n) is 9.61. The molecule has 4 nitrogen and oxygen atoms in total. The predicted octanol–water partition coefficient (Wildman–Crippen LogP) is 5.59. The number of benzene rings is 2. The number of hydrogen-bond acceptors (Lipinski definition) is 3. The van der Waals surface area contributed by atoms with Crippen molar-refractivity contribution in [2.75, 3.05) is 6.61 Å². The highest BCUT2D eigenvalue weighted by Crippen LogP contribution is 2.40. The number of aromatic hydroxyl groups is 1. The average Bonchev–Trinajstić information content (AvgIpc) is 3.49. The minimum absolute atomic E-state index is 0.227. The summed E-state index contributed by atoms with van der Waals surface area (Å²) in [6, 6.07) is 7.26. The van der Waals surface area contributed by atoms with Crippen molar-refractivity contribution in [1.82, 2.24) is 0 Å². The van der Waals surface area contributed by atoms with Crippen LogP contribution in [0.5, 0.6) is 11.5 Å². The number of carbonyl (C=O) groups is 1. The molecule has 0 amide bonds. The fourth-order valence-electron chi connectivity index (χ4n) is 3.07. The topological polar surface area (TPSA) is 66.8 Å². The van der Waals surface area contributed by atoms with Gasteiger partial charge in [0.1, 0.15) is 22.9 Å². The smallest absolute Gasteiger partial charge is 0.340 e. The van der Waals surface area contributed by atoms with Gasteiger partial charge in [-0.3, -0.25) is 0 Å². The molecule has 1 saturated carbocycles. The second-order valence-electron chi connectivity index (χ2n) is 7.66. The Hall–Kier alpha value is -3.08. The number of ether oxygens (including phenoxy) is 1. The summed E-state index contributed by atoms with van der Waals surface area (Å²) in [4.78, 5) is 12.0. The number of carboxylic acids is 1. The molecule has 2 N–H and O–H groups in total. The van der Waals surface area contributed by atoms with Crippen molar-refractivity contribution in [2.24, 2.45) is 5.92 Å². The molecule has 2 aromatic rings. The highest BCUT2D eigenvalue weighted by atomic mass is 19.1. The molecule has 0 spiro atoms. The average molecular weight is 396 g/mol. The molecule has 1 aliphatic carbocycles. The first kappa shape index (κ1) is 20.6. The Labute approximate surface area is 170 Å². The molecule has 2 aromatic carbocycles. The number of carboxylic acid groups (broad SMARTS) is 1. The fraction of sp³-hybridized carbons (Fsp3) is 0.292. The van der Waals surface area contributed by atoms with E-state index < -0.39 is 11.8 Å². The van der Waals surface area contributed by atoms with E-state index in [1.807, 2.05) is 19.9 Å². The largest absolute Gasteiger partial charge is 0.507 e.